The summed E-state index contributed by atoms with van der Waals surface area (Å²) in [6, 6.07) is 24.4. The molecule has 0 atom stereocenters. The van der Waals surface area contributed by atoms with Gasteiger partial charge in [-0.05, 0) is 47.5 Å². The summed E-state index contributed by atoms with van der Waals surface area (Å²) in [6.45, 7) is 0.341. The van der Waals surface area contributed by atoms with Gasteiger partial charge in [-0.15, -0.1) is 0 Å². The maximum absolute atomic E-state index is 12.2. The summed E-state index contributed by atoms with van der Waals surface area (Å²) in [4.78, 5) is 17.5. The minimum Gasteiger partial charge on any atom is -0.391 e. The number of amides is 1. The number of carbonyl (C=O) groups excluding carboxylic acids is 1. The molecule has 0 aromatic heterocycles. The Balaban J connectivity index is 1.51. The lowest BCUT2D eigenvalue weighted by Gasteiger charge is -2.06. The van der Waals surface area contributed by atoms with E-state index in [1.807, 2.05) is 66.7 Å². The summed E-state index contributed by atoms with van der Waals surface area (Å²) in [6.07, 6.45) is 1.66. The summed E-state index contributed by atoms with van der Waals surface area (Å²) in [7, 11) is 0. The highest BCUT2D eigenvalue weighted by molar-refractivity contribution is 9.10. The zero-order valence-electron chi connectivity index (χ0n) is 13.9. The number of hydrogen-bond donors (Lipinski definition) is 1. The number of nitrogens with zero attached hydrogens (tertiary/aromatic N) is 1. The second-order valence-corrected chi connectivity index (χ2v) is 6.49. The lowest BCUT2D eigenvalue weighted by molar-refractivity contribution is 0.102. The highest BCUT2D eigenvalue weighted by Gasteiger charge is 2.05. The molecule has 26 heavy (non-hydrogen) atoms. The van der Waals surface area contributed by atoms with Gasteiger partial charge in [-0.3, -0.25) is 4.79 Å². The molecule has 0 aliphatic heterocycles. The third kappa shape index (κ3) is 5.29. The fourth-order valence-corrected chi connectivity index (χ4v) is 2.50. The van der Waals surface area contributed by atoms with Gasteiger partial charge in [0, 0.05) is 15.7 Å². The number of rotatable bonds is 6. The molecule has 0 bridgehead atoms. The highest BCUT2D eigenvalue weighted by Crippen LogP contribution is 2.11. The average Bonchev–Trinajstić information content (AvgIpc) is 2.68. The number of benzene rings is 3. The van der Waals surface area contributed by atoms with Crippen molar-refractivity contribution in [1.29, 1.82) is 0 Å². The molecule has 0 saturated heterocycles. The zero-order valence-corrected chi connectivity index (χ0v) is 15.5. The highest BCUT2D eigenvalue weighted by atomic mass is 79.9. The number of oxime groups is 1. The van der Waals surface area contributed by atoms with Crippen LogP contribution in [-0.4, -0.2) is 12.1 Å². The third-order valence-electron chi connectivity index (χ3n) is 3.63. The number of hydrogen-bond acceptors (Lipinski definition) is 3. The van der Waals surface area contributed by atoms with E-state index >= 15 is 0 Å². The van der Waals surface area contributed by atoms with Crippen molar-refractivity contribution in [1.82, 2.24) is 0 Å². The molecular weight excluding hydrogens is 392 g/mol. The van der Waals surface area contributed by atoms with Crippen LogP contribution >= 0.6 is 15.9 Å². The average molecular weight is 409 g/mol. The van der Waals surface area contributed by atoms with Gasteiger partial charge in [0.1, 0.15) is 6.61 Å². The van der Waals surface area contributed by atoms with Gasteiger partial charge < -0.3 is 10.2 Å². The second-order valence-electron chi connectivity index (χ2n) is 5.58. The first kappa shape index (κ1) is 17.9. The molecule has 1 amide bonds. The van der Waals surface area contributed by atoms with Crippen LogP contribution in [0.3, 0.4) is 0 Å². The van der Waals surface area contributed by atoms with E-state index in [1.54, 1.807) is 18.3 Å². The maximum Gasteiger partial charge on any atom is 0.255 e. The Morgan fingerprint density at radius 3 is 2.35 bits per heavy atom. The molecular formula is C21H17BrN2O2. The maximum atomic E-state index is 12.2. The molecule has 0 aliphatic carbocycles. The normalized spacial score (nSPS) is 10.7. The third-order valence-corrected chi connectivity index (χ3v) is 4.15. The van der Waals surface area contributed by atoms with Crippen molar-refractivity contribution < 1.29 is 9.63 Å². The second kappa shape index (κ2) is 8.97. The van der Waals surface area contributed by atoms with Crippen molar-refractivity contribution >= 4 is 33.7 Å². The fraction of sp³-hybridized carbons (Fsp3) is 0.0476. The Hall–Kier alpha value is -2.92. The van der Waals surface area contributed by atoms with E-state index in [-0.39, 0.29) is 5.91 Å². The van der Waals surface area contributed by atoms with Crippen molar-refractivity contribution in [3.8, 4) is 0 Å². The van der Waals surface area contributed by atoms with Gasteiger partial charge in [0.25, 0.3) is 5.91 Å². The van der Waals surface area contributed by atoms with E-state index < -0.39 is 0 Å². The molecule has 0 unspecified atom stereocenters. The van der Waals surface area contributed by atoms with Gasteiger partial charge in [-0.2, -0.15) is 0 Å². The molecule has 0 radical (unpaired) electrons. The van der Waals surface area contributed by atoms with Crippen molar-refractivity contribution in [3.05, 3.63) is 100 Å². The van der Waals surface area contributed by atoms with Gasteiger partial charge in [0.2, 0.25) is 0 Å². The first-order chi connectivity index (χ1) is 12.7. The van der Waals surface area contributed by atoms with Crippen molar-refractivity contribution in [3.63, 3.8) is 0 Å². The largest absolute Gasteiger partial charge is 0.391 e. The number of anilines is 1. The number of carbonyl (C=O) groups is 1. The molecule has 3 aromatic rings. The number of nitrogens with one attached hydrogen (secondary N) is 1. The van der Waals surface area contributed by atoms with Crippen LogP contribution in [0.4, 0.5) is 5.69 Å². The van der Waals surface area contributed by atoms with Gasteiger partial charge in [-0.1, -0.05) is 63.6 Å². The van der Waals surface area contributed by atoms with Crippen molar-refractivity contribution in [2.75, 3.05) is 5.32 Å². The lowest BCUT2D eigenvalue weighted by atomic mass is 10.1. The van der Waals surface area contributed by atoms with Crippen LogP contribution in [0.1, 0.15) is 21.5 Å². The van der Waals surface area contributed by atoms with E-state index in [2.05, 4.69) is 26.4 Å². The SMILES string of the molecule is O=C(Nc1ccccc1)c1ccc(CO/N=C\c2ccc(Br)cc2)cc1. The van der Waals surface area contributed by atoms with E-state index in [0.717, 1.165) is 21.3 Å². The zero-order chi connectivity index (χ0) is 18.2. The first-order valence-electron chi connectivity index (χ1n) is 8.07. The molecule has 0 saturated carbocycles. The predicted octanol–water partition coefficient (Wildman–Crippen LogP) is 5.25. The Bertz CT molecular complexity index is 876. The van der Waals surface area contributed by atoms with E-state index in [0.29, 0.717) is 12.2 Å². The summed E-state index contributed by atoms with van der Waals surface area (Å²) in [5.41, 5.74) is 3.26. The Morgan fingerprint density at radius 1 is 0.962 bits per heavy atom. The van der Waals surface area contributed by atoms with Gasteiger partial charge in [0.15, 0.2) is 0 Å². The monoisotopic (exact) mass is 408 g/mol. The van der Waals surface area contributed by atoms with Crippen LogP contribution in [0.25, 0.3) is 0 Å². The summed E-state index contributed by atoms with van der Waals surface area (Å²) >= 11 is 3.39. The molecule has 3 aromatic carbocycles. The predicted molar refractivity (Wildman–Crippen MR) is 107 cm³/mol. The van der Waals surface area contributed by atoms with Crippen molar-refractivity contribution in [2.24, 2.45) is 5.16 Å². The van der Waals surface area contributed by atoms with Crippen molar-refractivity contribution in [2.45, 2.75) is 6.61 Å². The summed E-state index contributed by atoms with van der Waals surface area (Å²) < 4.78 is 1.02. The molecule has 1 N–H and O–H groups in total. The van der Waals surface area contributed by atoms with Crippen LogP contribution in [0.2, 0.25) is 0 Å². The molecule has 3 rings (SSSR count). The smallest absolute Gasteiger partial charge is 0.255 e. The van der Waals surface area contributed by atoms with Gasteiger partial charge >= 0.3 is 0 Å². The van der Waals surface area contributed by atoms with E-state index in [9.17, 15) is 4.79 Å². The van der Waals surface area contributed by atoms with Crippen LogP contribution in [0.15, 0.2) is 88.5 Å². The minimum atomic E-state index is -0.142. The topological polar surface area (TPSA) is 50.7 Å². The Kier molecular flexibility index (Phi) is 6.17. The number of halogens is 1. The quantitative estimate of drug-likeness (QED) is 0.447. The molecule has 0 spiro atoms. The van der Waals surface area contributed by atoms with E-state index in [4.69, 9.17) is 4.84 Å². The first-order valence-corrected chi connectivity index (χ1v) is 8.86. The van der Waals surface area contributed by atoms with Crippen LogP contribution in [0, 0.1) is 0 Å². The lowest BCUT2D eigenvalue weighted by Crippen LogP contribution is -2.11. The molecule has 5 heteroatoms. The standard InChI is InChI=1S/C21H17BrN2O2/c22-19-12-8-16(9-13-19)14-23-26-15-17-6-10-18(11-7-17)21(25)24-20-4-2-1-3-5-20/h1-14H,15H2,(H,24,25)/b23-14-. The van der Waals surface area contributed by atoms with Crippen LogP contribution < -0.4 is 5.32 Å². The van der Waals surface area contributed by atoms with Gasteiger partial charge in [-0.25, -0.2) is 0 Å². The summed E-state index contributed by atoms with van der Waals surface area (Å²) in [5, 5.41) is 6.82. The van der Waals surface area contributed by atoms with Gasteiger partial charge in [0.05, 0.1) is 6.21 Å². The van der Waals surface area contributed by atoms with Crippen LogP contribution in [0.5, 0.6) is 0 Å². The summed E-state index contributed by atoms with van der Waals surface area (Å²) in [5.74, 6) is -0.142. The van der Waals surface area contributed by atoms with Crippen LogP contribution in [-0.2, 0) is 11.4 Å². The molecule has 0 heterocycles. The Morgan fingerprint density at radius 2 is 1.65 bits per heavy atom. The minimum absolute atomic E-state index is 0.142. The molecule has 130 valence electrons. The van der Waals surface area contributed by atoms with E-state index in [1.165, 1.54) is 0 Å². The molecule has 0 aliphatic rings. The number of para-hydroxylation sites is 1. The molecule has 0 fully saturated rings. The molecule has 4 nitrogen and oxygen atoms in total. The Labute approximate surface area is 160 Å². The fourth-order valence-electron chi connectivity index (χ4n) is 2.24.